The Bertz CT molecular complexity index is 811. The molecule has 0 spiro atoms. The van der Waals surface area contributed by atoms with Crippen LogP contribution < -0.4 is 15.4 Å². The fraction of sp³-hybridized carbons (Fsp3) is 0.545. The minimum atomic E-state index is -0.0938. The second-order valence-electron chi connectivity index (χ2n) is 8.05. The Hall–Kier alpha value is -2.05. The maximum atomic E-state index is 12.8. The lowest BCUT2D eigenvalue weighted by atomic mass is 9.78. The van der Waals surface area contributed by atoms with Crippen LogP contribution in [0.3, 0.4) is 0 Å². The summed E-state index contributed by atoms with van der Waals surface area (Å²) in [7, 11) is 1.72. The second-order valence-corrected chi connectivity index (χ2v) is 8.05. The van der Waals surface area contributed by atoms with Gasteiger partial charge in [-0.15, -0.1) is 12.4 Å². The fourth-order valence-corrected chi connectivity index (χ4v) is 4.74. The number of halogens is 1. The van der Waals surface area contributed by atoms with Crippen LogP contribution in [-0.2, 0) is 5.41 Å². The van der Waals surface area contributed by atoms with Crippen LogP contribution in [0.15, 0.2) is 36.5 Å². The minimum Gasteiger partial charge on any atom is -0.496 e. The van der Waals surface area contributed by atoms with Crippen LogP contribution >= 0.6 is 12.4 Å². The van der Waals surface area contributed by atoms with Gasteiger partial charge in [0.25, 0.3) is 5.91 Å². The number of hydrogen-bond donors (Lipinski definition) is 2. The van der Waals surface area contributed by atoms with Crippen molar-refractivity contribution >= 4 is 18.3 Å². The highest BCUT2D eigenvalue weighted by Gasteiger charge is 2.38. The first kappa shape index (κ1) is 21.7. The number of piperidine rings is 1. The van der Waals surface area contributed by atoms with Gasteiger partial charge in [-0.3, -0.25) is 9.48 Å². The molecular formula is C22H31ClN4O2. The van der Waals surface area contributed by atoms with E-state index in [9.17, 15) is 4.79 Å². The quantitative estimate of drug-likeness (QED) is 0.753. The van der Waals surface area contributed by atoms with Crippen molar-refractivity contribution in [1.82, 2.24) is 20.4 Å². The Morgan fingerprint density at radius 1 is 1.28 bits per heavy atom. The van der Waals surface area contributed by atoms with Crippen LogP contribution in [0.4, 0.5) is 0 Å². The molecule has 29 heavy (non-hydrogen) atoms. The molecule has 2 aliphatic rings. The Balaban J connectivity index is 0.00000240. The number of carbonyl (C=O) groups excluding carboxylic acids is 1. The number of carbonyl (C=O) groups is 1. The Morgan fingerprint density at radius 3 is 2.79 bits per heavy atom. The van der Waals surface area contributed by atoms with Crippen molar-refractivity contribution in [3.63, 3.8) is 0 Å². The van der Waals surface area contributed by atoms with E-state index in [1.807, 2.05) is 29.1 Å². The first-order chi connectivity index (χ1) is 13.7. The van der Waals surface area contributed by atoms with Crippen molar-refractivity contribution < 1.29 is 9.53 Å². The molecule has 4 rings (SSSR count). The van der Waals surface area contributed by atoms with Crippen molar-refractivity contribution in [2.45, 2.75) is 50.0 Å². The van der Waals surface area contributed by atoms with Crippen molar-refractivity contribution in [2.24, 2.45) is 0 Å². The van der Waals surface area contributed by atoms with Gasteiger partial charge in [-0.1, -0.05) is 31.0 Å². The first-order valence-corrected chi connectivity index (χ1v) is 10.4. The van der Waals surface area contributed by atoms with Gasteiger partial charge in [-0.2, -0.15) is 5.10 Å². The van der Waals surface area contributed by atoms with Gasteiger partial charge in [0.1, 0.15) is 11.4 Å². The van der Waals surface area contributed by atoms with E-state index in [1.54, 1.807) is 7.11 Å². The molecule has 7 heteroatoms. The molecule has 1 aliphatic heterocycles. The molecule has 1 aromatic carbocycles. The van der Waals surface area contributed by atoms with Crippen LogP contribution in [0.2, 0.25) is 0 Å². The van der Waals surface area contributed by atoms with Gasteiger partial charge in [0.2, 0.25) is 0 Å². The Labute approximate surface area is 178 Å². The monoisotopic (exact) mass is 418 g/mol. The molecule has 0 bridgehead atoms. The molecule has 1 saturated carbocycles. The van der Waals surface area contributed by atoms with E-state index in [-0.39, 0.29) is 23.7 Å². The summed E-state index contributed by atoms with van der Waals surface area (Å²) in [5.74, 6) is 0.816. The van der Waals surface area contributed by atoms with Gasteiger partial charge in [0.15, 0.2) is 0 Å². The van der Waals surface area contributed by atoms with E-state index in [0.717, 1.165) is 44.5 Å². The van der Waals surface area contributed by atoms with Gasteiger partial charge < -0.3 is 15.4 Å². The summed E-state index contributed by atoms with van der Waals surface area (Å²) in [6.45, 7) is 2.60. The maximum absolute atomic E-state index is 12.8. The molecule has 1 unspecified atom stereocenters. The van der Waals surface area contributed by atoms with Crippen LogP contribution in [0.25, 0.3) is 0 Å². The molecule has 6 nitrogen and oxygen atoms in total. The first-order valence-electron chi connectivity index (χ1n) is 10.4. The number of nitrogens with one attached hydrogen (secondary N) is 2. The van der Waals surface area contributed by atoms with E-state index < -0.39 is 0 Å². The molecule has 0 radical (unpaired) electrons. The number of para-hydroxylation sites is 1. The summed E-state index contributed by atoms with van der Waals surface area (Å²) >= 11 is 0. The molecular weight excluding hydrogens is 388 g/mol. The molecule has 2 heterocycles. The number of hydrogen-bond acceptors (Lipinski definition) is 4. The SMILES string of the molecule is COc1ccccc1C1(CNC(=O)c2ccn(C3CCCNC3)n2)CCCC1.Cl. The molecule has 1 saturated heterocycles. The van der Waals surface area contributed by atoms with Gasteiger partial charge in [-0.05, 0) is 44.4 Å². The smallest absolute Gasteiger partial charge is 0.271 e. The zero-order valence-corrected chi connectivity index (χ0v) is 17.8. The third-order valence-electron chi connectivity index (χ3n) is 6.31. The van der Waals surface area contributed by atoms with Gasteiger partial charge in [0, 0.05) is 30.3 Å². The lowest BCUT2D eigenvalue weighted by molar-refractivity contribution is 0.0936. The van der Waals surface area contributed by atoms with Crippen molar-refractivity contribution in [1.29, 1.82) is 0 Å². The molecule has 1 aromatic heterocycles. The Morgan fingerprint density at radius 2 is 2.07 bits per heavy atom. The number of amides is 1. The maximum Gasteiger partial charge on any atom is 0.271 e. The average Bonchev–Trinajstić information content (AvgIpc) is 3.43. The molecule has 1 aliphatic carbocycles. The van der Waals surface area contributed by atoms with E-state index >= 15 is 0 Å². The zero-order chi connectivity index (χ0) is 19.4. The molecule has 1 amide bonds. The molecule has 2 fully saturated rings. The summed E-state index contributed by atoms with van der Waals surface area (Å²) in [6.07, 6.45) is 8.67. The van der Waals surface area contributed by atoms with Crippen LogP contribution in [0.5, 0.6) is 5.75 Å². The van der Waals surface area contributed by atoms with Crippen molar-refractivity contribution in [3.05, 3.63) is 47.8 Å². The topological polar surface area (TPSA) is 68.2 Å². The molecule has 158 valence electrons. The van der Waals surface area contributed by atoms with E-state index in [2.05, 4.69) is 27.9 Å². The summed E-state index contributed by atoms with van der Waals surface area (Å²) in [5, 5.41) is 11.1. The molecule has 2 N–H and O–H groups in total. The lowest BCUT2D eigenvalue weighted by Crippen LogP contribution is -2.39. The summed E-state index contributed by atoms with van der Waals surface area (Å²) in [6, 6.07) is 10.4. The fourth-order valence-electron chi connectivity index (χ4n) is 4.74. The van der Waals surface area contributed by atoms with E-state index in [4.69, 9.17) is 4.74 Å². The third kappa shape index (κ3) is 4.59. The lowest BCUT2D eigenvalue weighted by Gasteiger charge is -2.31. The zero-order valence-electron chi connectivity index (χ0n) is 17.0. The minimum absolute atomic E-state index is 0. The van der Waals surface area contributed by atoms with Crippen molar-refractivity contribution in [2.75, 3.05) is 26.7 Å². The van der Waals surface area contributed by atoms with Gasteiger partial charge in [0.05, 0.1) is 13.2 Å². The van der Waals surface area contributed by atoms with Gasteiger partial charge in [-0.25, -0.2) is 0 Å². The third-order valence-corrected chi connectivity index (χ3v) is 6.31. The number of rotatable bonds is 6. The number of ether oxygens (including phenoxy) is 1. The number of methoxy groups -OCH3 is 1. The molecule has 1 atom stereocenters. The predicted molar refractivity (Wildman–Crippen MR) is 116 cm³/mol. The highest BCUT2D eigenvalue weighted by atomic mass is 35.5. The van der Waals surface area contributed by atoms with Gasteiger partial charge >= 0.3 is 0 Å². The predicted octanol–water partition coefficient (Wildman–Crippen LogP) is 3.48. The van der Waals surface area contributed by atoms with Crippen LogP contribution in [0.1, 0.15) is 60.6 Å². The van der Waals surface area contributed by atoms with E-state index in [1.165, 1.54) is 18.4 Å². The molecule has 2 aromatic rings. The summed E-state index contributed by atoms with van der Waals surface area (Å²) in [4.78, 5) is 12.8. The highest BCUT2D eigenvalue weighted by Crippen LogP contribution is 2.44. The summed E-state index contributed by atoms with van der Waals surface area (Å²) in [5.41, 5.74) is 1.64. The summed E-state index contributed by atoms with van der Waals surface area (Å²) < 4.78 is 7.55. The van der Waals surface area contributed by atoms with Crippen LogP contribution in [-0.4, -0.2) is 42.4 Å². The van der Waals surface area contributed by atoms with E-state index in [0.29, 0.717) is 18.3 Å². The largest absolute Gasteiger partial charge is 0.496 e. The highest BCUT2D eigenvalue weighted by molar-refractivity contribution is 5.92. The van der Waals surface area contributed by atoms with Crippen LogP contribution in [0, 0.1) is 0 Å². The second kappa shape index (κ2) is 9.63. The normalized spacial score (nSPS) is 20.7. The standard InChI is InChI=1S/C22H30N4O2.ClH/c1-28-20-9-3-2-8-18(20)22(11-4-5-12-22)16-24-21(27)19-10-14-26(25-19)17-7-6-13-23-15-17;/h2-3,8-10,14,17,23H,4-7,11-13,15-16H2,1H3,(H,24,27);1H. The number of nitrogens with zero attached hydrogens (tertiary/aromatic N) is 2. The number of aromatic nitrogens is 2. The average molecular weight is 419 g/mol. The number of benzene rings is 1. The Kier molecular flexibility index (Phi) is 7.19. The van der Waals surface area contributed by atoms with Crippen molar-refractivity contribution in [3.8, 4) is 5.75 Å².